The Balaban J connectivity index is 0.000000286. The number of nitrogens with zero attached hydrogens (tertiary/aromatic N) is 2. The van der Waals surface area contributed by atoms with Crippen molar-refractivity contribution in [2.75, 3.05) is 19.7 Å². The second kappa shape index (κ2) is 12.9. The SMILES string of the molecule is O=C(O)C(F)(F)F.O=C(O)C(F)(F)F.c1cc(COC2CCOC3(C2)CN(Cc2ccoc2)C3)ccn1. The number of pyridine rings is 1. The monoisotopic (exact) mass is 542 g/mol. The molecule has 2 fully saturated rings. The molecule has 2 aromatic heterocycles. The number of halogens is 6. The summed E-state index contributed by atoms with van der Waals surface area (Å²) in [5.41, 5.74) is 2.39. The van der Waals surface area contributed by atoms with Crippen LogP contribution in [0.5, 0.6) is 0 Å². The van der Waals surface area contributed by atoms with E-state index in [4.69, 9.17) is 33.7 Å². The molecule has 2 N–H and O–H groups in total. The standard InChI is InChI=1S/C18H22N2O3.2C2HF3O2/c1-5-19-6-2-15(1)12-22-17-4-8-23-18(9-17)13-20(14-18)10-16-3-7-21-11-16;2*3-2(4,5)1(6)7/h1-3,5-7,11,17H,4,8-10,12-14H2;2*(H,6,7). The largest absolute Gasteiger partial charge is 0.490 e. The van der Waals surface area contributed by atoms with Gasteiger partial charge in [0.05, 0.1) is 30.8 Å². The van der Waals surface area contributed by atoms with Crippen LogP contribution in [0.1, 0.15) is 24.0 Å². The van der Waals surface area contributed by atoms with Crippen LogP contribution in [0, 0.1) is 0 Å². The fourth-order valence-corrected chi connectivity index (χ4v) is 3.56. The molecule has 2 aromatic rings. The second-order valence-corrected chi connectivity index (χ2v) is 8.20. The molecule has 15 heteroatoms. The van der Waals surface area contributed by atoms with Crippen LogP contribution in [0.15, 0.2) is 47.5 Å². The van der Waals surface area contributed by atoms with Gasteiger partial charge in [-0.3, -0.25) is 9.88 Å². The van der Waals surface area contributed by atoms with Crippen LogP contribution in [-0.2, 0) is 32.2 Å². The molecule has 2 aliphatic rings. The number of hydrogen-bond donors (Lipinski definition) is 2. The van der Waals surface area contributed by atoms with Crippen LogP contribution in [-0.4, -0.2) is 75.8 Å². The van der Waals surface area contributed by atoms with Gasteiger partial charge in [0.25, 0.3) is 0 Å². The molecule has 206 valence electrons. The van der Waals surface area contributed by atoms with E-state index in [2.05, 4.69) is 9.88 Å². The third-order valence-electron chi connectivity index (χ3n) is 5.18. The van der Waals surface area contributed by atoms with Crippen molar-refractivity contribution in [1.82, 2.24) is 9.88 Å². The molecule has 0 aromatic carbocycles. The fraction of sp³-hybridized carbons (Fsp3) is 0.500. The number of alkyl halides is 6. The van der Waals surface area contributed by atoms with Gasteiger partial charge in [-0.1, -0.05) is 0 Å². The van der Waals surface area contributed by atoms with Crippen LogP contribution >= 0.6 is 0 Å². The van der Waals surface area contributed by atoms with E-state index >= 15 is 0 Å². The molecule has 9 nitrogen and oxygen atoms in total. The van der Waals surface area contributed by atoms with E-state index in [1.807, 2.05) is 36.9 Å². The maximum atomic E-state index is 10.6. The summed E-state index contributed by atoms with van der Waals surface area (Å²) in [5.74, 6) is -5.51. The molecule has 4 heterocycles. The molecule has 0 amide bonds. The number of aromatic nitrogens is 1. The molecule has 0 saturated carbocycles. The topological polar surface area (TPSA) is 122 Å². The number of ether oxygens (including phenoxy) is 2. The minimum absolute atomic E-state index is 0.00903. The molecule has 0 radical (unpaired) electrons. The number of carbonyl (C=O) groups is 2. The summed E-state index contributed by atoms with van der Waals surface area (Å²) in [4.78, 5) is 24.2. The average Bonchev–Trinajstić information content (AvgIpc) is 3.30. The van der Waals surface area contributed by atoms with E-state index in [9.17, 15) is 26.3 Å². The summed E-state index contributed by atoms with van der Waals surface area (Å²) >= 11 is 0. The number of furan rings is 1. The van der Waals surface area contributed by atoms with Crippen molar-refractivity contribution < 1.29 is 60.0 Å². The van der Waals surface area contributed by atoms with Crippen molar-refractivity contribution >= 4 is 11.9 Å². The first-order chi connectivity index (χ1) is 17.2. The van der Waals surface area contributed by atoms with E-state index in [0.717, 1.165) is 39.1 Å². The Bertz CT molecular complexity index is 954. The second-order valence-electron chi connectivity index (χ2n) is 8.20. The van der Waals surface area contributed by atoms with E-state index in [1.54, 1.807) is 6.26 Å². The Morgan fingerprint density at radius 3 is 2.08 bits per heavy atom. The van der Waals surface area contributed by atoms with Crippen LogP contribution in [0.3, 0.4) is 0 Å². The molecule has 0 bridgehead atoms. The maximum absolute atomic E-state index is 10.6. The molecule has 2 saturated heterocycles. The Kier molecular flexibility index (Phi) is 10.5. The molecule has 2 aliphatic heterocycles. The maximum Gasteiger partial charge on any atom is 0.490 e. The van der Waals surface area contributed by atoms with Gasteiger partial charge in [-0.2, -0.15) is 26.3 Å². The molecule has 0 aliphatic carbocycles. The van der Waals surface area contributed by atoms with Crippen molar-refractivity contribution in [2.45, 2.75) is 50.1 Å². The third kappa shape index (κ3) is 10.4. The number of hydrogen-bond acceptors (Lipinski definition) is 7. The first-order valence-corrected chi connectivity index (χ1v) is 10.7. The highest BCUT2D eigenvalue weighted by molar-refractivity contribution is 5.73. The summed E-state index contributed by atoms with van der Waals surface area (Å²) in [7, 11) is 0. The van der Waals surface area contributed by atoms with Crippen LogP contribution in [0.2, 0.25) is 0 Å². The molecule has 1 unspecified atom stereocenters. The lowest BCUT2D eigenvalue weighted by atomic mass is 9.84. The predicted molar refractivity (Wildman–Crippen MR) is 112 cm³/mol. The minimum atomic E-state index is -5.08. The Labute approximate surface area is 206 Å². The molecule has 1 atom stereocenters. The first kappa shape index (κ1) is 30.1. The lowest BCUT2D eigenvalue weighted by molar-refractivity contribution is -0.200. The normalized spacial score (nSPS) is 19.0. The average molecular weight is 542 g/mol. The molecule has 37 heavy (non-hydrogen) atoms. The fourth-order valence-electron chi connectivity index (χ4n) is 3.56. The highest BCUT2D eigenvalue weighted by atomic mass is 19.4. The first-order valence-electron chi connectivity index (χ1n) is 10.7. The van der Waals surface area contributed by atoms with Gasteiger partial charge in [0, 0.05) is 50.6 Å². The Hall–Kier alpha value is -3.17. The van der Waals surface area contributed by atoms with E-state index in [1.165, 1.54) is 11.1 Å². The van der Waals surface area contributed by atoms with Crippen molar-refractivity contribution in [3.8, 4) is 0 Å². The van der Waals surface area contributed by atoms with Crippen LogP contribution < -0.4 is 0 Å². The van der Waals surface area contributed by atoms with Gasteiger partial charge in [-0.25, -0.2) is 9.59 Å². The molecular weight excluding hydrogens is 518 g/mol. The molecular formula is C22H24F6N2O7. The van der Waals surface area contributed by atoms with Gasteiger partial charge < -0.3 is 24.1 Å². The Morgan fingerprint density at radius 2 is 1.59 bits per heavy atom. The summed E-state index contributed by atoms with van der Waals surface area (Å²) in [5, 5.41) is 14.2. The summed E-state index contributed by atoms with van der Waals surface area (Å²) in [6.45, 7) is 4.34. The summed E-state index contributed by atoms with van der Waals surface area (Å²) < 4.78 is 80.8. The van der Waals surface area contributed by atoms with Gasteiger partial charge >= 0.3 is 24.3 Å². The van der Waals surface area contributed by atoms with Crippen LogP contribution in [0.4, 0.5) is 26.3 Å². The summed E-state index contributed by atoms with van der Waals surface area (Å²) in [6, 6.07) is 6.03. The van der Waals surface area contributed by atoms with Gasteiger partial charge in [-0.05, 0) is 30.2 Å². The van der Waals surface area contributed by atoms with E-state index in [-0.39, 0.29) is 11.7 Å². The number of carboxylic acid groups (broad SMARTS) is 2. The van der Waals surface area contributed by atoms with Crippen LogP contribution in [0.25, 0.3) is 0 Å². The zero-order valence-corrected chi connectivity index (χ0v) is 19.2. The molecule has 1 spiro atoms. The van der Waals surface area contributed by atoms with Gasteiger partial charge in [0.15, 0.2) is 0 Å². The zero-order valence-electron chi connectivity index (χ0n) is 19.2. The van der Waals surface area contributed by atoms with Gasteiger partial charge in [0.2, 0.25) is 0 Å². The highest BCUT2D eigenvalue weighted by Gasteiger charge is 2.47. The van der Waals surface area contributed by atoms with Gasteiger partial charge in [0.1, 0.15) is 0 Å². The quantitative estimate of drug-likeness (QED) is 0.542. The number of carboxylic acids is 2. The van der Waals surface area contributed by atoms with E-state index < -0.39 is 24.3 Å². The lowest BCUT2D eigenvalue weighted by Crippen LogP contribution is -2.65. The van der Waals surface area contributed by atoms with Gasteiger partial charge in [-0.15, -0.1) is 0 Å². The zero-order chi connectivity index (χ0) is 27.7. The Morgan fingerprint density at radius 1 is 1.03 bits per heavy atom. The van der Waals surface area contributed by atoms with Crippen molar-refractivity contribution in [1.29, 1.82) is 0 Å². The lowest BCUT2D eigenvalue weighted by Gasteiger charge is -2.53. The third-order valence-corrected chi connectivity index (χ3v) is 5.18. The predicted octanol–water partition coefficient (Wildman–Crippen LogP) is 3.89. The smallest absolute Gasteiger partial charge is 0.475 e. The van der Waals surface area contributed by atoms with E-state index in [0.29, 0.717) is 6.61 Å². The minimum Gasteiger partial charge on any atom is -0.475 e. The number of aliphatic carboxylic acids is 2. The van der Waals surface area contributed by atoms with Crippen molar-refractivity contribution in [3.63, 3.8) is 0 Å². The molecule has 4 rings (SSSR count). The highest BCUT2D eigenvalue weighted by Crippen LogP contribution is 2.36. The number of rotatable bonds is 5. The van der Waals surface area contributed by atoms with Crippen molar-refractivity contribution in [3.05, 3.63) is 54.2 Å². The van der Waals surface area contributed by atoms with Crippen molar-refractivity contribution in [2.24, 2.45) is 0 Å². The summed E-state index contributed by atoms with van der Waals surface area (Å²) in [6.07, 6.45) is -0.756. The number of likely N-dealkylation sites (tertiary alicyclic amines) is 1.